The van der Waals surface area contributed by atoms with Crippen molar-refractivity contribution >= 4 is 5.97 Å². The predicted molar refractivity (Wildman–Crippen MR) is 82.5 cm³/mol. The van der Waals surface area contributed by atoms with E-state index in [0.29, 0.717) is 17.6 Å². The number of carbonyl (C=O) groups is 1. The van der Waals surface area contributed by atoms with Gasteiger partial charge in [0, 0.05) is 25.2 Å². The van der Waals surface area contributed by atoms with Crippen molar-refractivity contribution in [3.05, 3.63) is 34.9 Å². The summed E-state index contributed by atoms with van der Waals surface area (Å²) in [5.41, 5.74) is 3.39. The normalized spacial score (nSPS) is 25.3. The number of hydrogen-bond acceptors (Lipinski definition) is 4. The summed E-state index contributed by atoms with van der Waals surface area (Å²) < 4.78 is 4.81. The molecule has 1 aromatic carbocycles. The molecule has 0 spiro atoms. The highest BCUT2D eigenvalue weighted by molar-refractivity contribution is 5.89. The standard InChI is InChI=1S/C17H24N2O2/c1-18(2)14-8-9-19(11-14)16-7-5-12-10-13(17(20)21-3)4-6-15(12)16/h4,6,10,14,16H,5,7-9,11H2,1-3H3/t14-,16?/m0/s1. The average Bonchev–Trinajstić information content (AvgIpc) is 3.11. The lowest BCUT2D eigenvalue weighted by molar-refractivity contribution is 0.0600. The Labute approximate surface area is 126 Å². The van der Waals surface area contributed by atoms with Crippen molar-refractivity contribution in [2.75, 3.05) is 34.3 Å². The van der Waals surface area contributed by atoms with Gasteiger partial charge in [-0.3, -0.25) is 4.90 Å². The summed E-state index contributed by atoms with van der Waals surface area (Å²) in [5.74, 6) is -0.241. The van der Waals surface area contributed by atoms with E-state index < -0.39 is 0 Å². The second kappa shape index (κ2) is 5.78. The second-order valence-electron chi connectivity index (χ2n) is 6.36. The molecule has 1 unspecified atom stereocenters. The van der Waals surface area contributed by atoms with Gasteiger partial charge in [-0.1, -0.05) is 6.07 Å². The summed E-state index contributed by atoms with van der Waals surface area (Å²) in [6.45, 7) is 2.32. The largest absolute Gasteiger partial charge is 0.465 e. The molecule has 3 rings (SSSR count). The molecule has 0 N–H and O–H groups in total. The Morgan fingerprint density at radius 2 is 2.14 bits per heavy atom. The quantitative estimate of drug-likeness (QED) is 0.797. The number of ether oxygens (including phenoxy) is 1. The van der Waals surface area contributed by atoms with Crippen LogP contribution in [-0.4, -0.2) is 56.1 Å². The molecule has 0 saturated carbocycles. The van der Waals surface area contributed by atoms with Crippen LogP contribution in [0.15, 0.2) is 18.2 Å². The highest BCUT2D eigenvalue weighted by atomic mass is 16.5. The first-order valence-corrected chi connectivity index (χ1v) is 7.71. The fourth-order valence-electron chi connectivity index (χ4n) is 3.69. The molecule has 1 aliphatic heterocycles. The van der Waals surface area contributed by atoms with Crippen LogP contribution >= 0.6 is 0 Å². The maximum absolute atomic E-state index is 11.6. The van der Waals surface area contributed by atoms with E-state index in [1.807, 2.05) is 12.1 Å². The molecule has 1 heterocycles. The van der Waals surface area contributed by atoms with Crippen molar-refractivity contribution < 1.29 is 9.53 Å². The number of nitrogens with zero attached hydrogens (tertiary/aromatic N) is 2. The van der Waals surface area contributed by atoms with Gasteiger partial charge in [0.15, 0.2) is 0 Å². The Hall–Kier alpha value is -1.39. The number of fused-ring (bicyclic) bond motifs is 1. The van der Waals surface area contributed by atoms with Crippen molar-refractivity contribution in [2.24, 2.45) is 0 Å². The number of hydrogen-bond donors (Lipinski definition) is 0. The molecular weight excluding hydrogens is 264 g/mol. The number of benzene rings is 1. The van der Waals surface area contributed by atoms with Gasteiger partial charge in [-0.2, -0.15) is 0 Å². The number of esters is 1. The minimum Gasteiger partial charge on any atom is -0.465 e. The summed E-state index contributed by atoms with van der Waals surface area (Å²) >= 11 is 0. The minimum atomic E-state index is -0.241. The van der Waals surface area contributed by atoms with Gasteiger partial charge in [-0.15, -0.1) is 0 Å². The molecule has 1 saturated heterocycles. The van der Waals surface area contributed by atoms with Crippen molar-refractivity contribution in [1.82, 2.24) is 9.80 Å². The Bertz CT molecular complexity index is 542. The fourth-order valence-corrected chi connectivity index (χ4v) is 3.69. The predicted octanol–water partition coefficient (Wildman–Crippen LogP) is 2.10. The lowest BCUT2D eigenvalue weighted by atomic mass is 10.0. The first-order chi connectivity index (χ1) is 10.1. The third-order valence-electron chi connectivity index (χ3n) is 4.98. The number of rotatable bonds is 3. The lowest BCUT2D eigenvalue weighted by Crippen LogP contribution is -2.32. The van der Waals surface area contributed by atoms with Crippen molar-refractivity contribution in [1.29, 1.82) is 0 Å². The molecule has 0 bridgehead atoms. The van der Waals surface area contributed by atoms with Crippen LogP contribution < -0.4 is 0 Å². The summed E-state index contributed by atoms with van der Waals surface area (Å²) in [5, 5.41) is 0. The third kappa shape index (κ3) is 2.70. The fraction of sp³-hybridized carbons (Fsp3) is 0.588. The molecule has 1 fully saturated rings. The van der Waals surface area contributed by atoms with Crippen molar-refractivity contribution in [3.8, 4) is 0 Å². The van der Waals surface area contributed by atoms with E-state index in [4.69, 9.17) is 4.74 Å². The summed E-state index contributed by atoms with van der Waals surface area (Å²) in [7, 11) is 5.77. The lowest BCUT2D eigenvalue weighted by Gasteiger charge is -2.26. The van der Waals surface area contributed by atoms with Gasteiger partial charge < -0.3 is 9.64 Å². The Balaban J connectivity index is 1.77. The molecule has 2 aliphatic rings. The number of carbonyl (C=O) groups excluding carboxylic acids is 1. The van der Waals surface area contributed by atoms with E-state index in [9.17, 15) is 4.79 Å². The molecule has 0 amide bonds. The Morgan fingerprint density at radius 3 is 2.81 bits per heavy atom. The molecular formula is C17H24N2O2. The first kappa shape index (κ1) is 14.5. The van der Waals surface area contributed by atoms with Gasteiger partial charge in [-0.05, 0) is 56.6 Å². The summed E-state index contributed by atoms with van der Waals surface area (Å²) in [4.78, 5) is 16.6. The van der Waals surface area contributed by atoms with Crippen LogP contribution in [0.3, 0.4) is 0 Å². The van der Waals surface area contributed by atoms with Crippen LogP contribution in [0, 0.1) is 0 Å². The second-order valence-corrected chi connectivity index (χ2v) is 6.36. The topological polar surface area (TPSA) is 32.8 Å². The van der Waals surface area contributed by atoms with Crippen LogP contribution in [0.5, 0.6) is 0 Å². The van der Waals surface area contributed by atoms with E-state index in [0.717, 1.165) is 13.0 Å². The molecule has 1 aromatic rings. The molecule has 0 radical (unpaired) electrons. The maximum Gasteiger partial charge on any atom is 0.337 e. The van der Waals surface area contributed by atoms with E-state index >= 15 is 0 Å². The van der Waals surface area contributed by atoms with Gasteiger partial charge in [-0.25, -0.2) is 4.79 Å². The van der Waals surface area contributed by atoms with Gasteiger partial charge in [0.2, 0.25) is 0 Å². The van der Waals surface area contributed by atoms with Crippen molar-refractivity contribution in [2.45, 2.75) is 31.3 Å². The zero-order valence-corrected chi connectivity index (χ0v) is 13.1. The highest BCUT2D eigenvalue weighted by Crippen LogP contribution is 2.38. The third-order valence-corrected chi connectivity index (χ3v) is 4.98. The molecule has 0 aromatic heterocycles. The molecule has 21 heavy (non-hydrogen) atoms. The molecule has 1 aliphatic carbocycles. The zero-order chi connectivity index (χ0) is 15.0. The number of methoxy groups -OCH3 is 1. The Morgan fingerprint density at radius 1 is 1.33 bits per heavy atom. The monoisotopic (exact) mass is 288 g/mol. The summed E-state index contributed by atoms with van der Waals surface area (Å²) in [6.07, 6.45) is 3.48. The van der Waals surface area contributed by atoms with E-state index in [-0.39, 0.29) is 5.97 Å². The van der Waals surface area contributed by atoms with E-state index in [2.05, 4.69) is 30.0 Å². The summed E-state index contributed by atoms with van der Waals surface area (Å²) in [6, 6.07) is 7.24. The van der Waals surface area contributed by atoms with E-state index in [1.54, 1.807) is 0 Å². The highest BCUT2D eigenvalue weighted by Gasteiger charge is 2.33. The zero-order valence-electron chi connectivity index (χ0n) is 13.1. The number of likely N-dealkylation sites (N-methyl/N-ethyl adjacent to an activating group) is 1. The molecule has 4 heteroatoms. The number of likely N-dealkylation sites (tertiary alicyclic amines) is 1. The molecule has 2 atom stereocenters. The maximum atomic E-state index is 11.6. The van der Waals surface area contributed by atoms with Crippen LogP contribution in [0.2, 0.25) is 0 Å². The van der Waals surface area contributed by atoms with E-state index in [1.165, 1.54) is 37.6 Å². The van der Waals surface area contributed by atoms with Gasteiger partial charge >= 0.3 is 5.97 Å². The minimum absolute atomic E-state index is 0.241. The molecule has 114 valence electrons. The van der Waals surface area contributed by atoms with Gasteiger partial charge in [0.1, 0.15) is 0 Å². The molecule has 4 nitrogen and oxygen atoms in total. The SMILES string of the molecule is COC(=O)c1ccc2c(c1)CCC2N1CC[C@H](N(C)C)C1. The van der Waals surface area contributed by atoms with Crippen LogP contribution in [0.25, 0.3) is 0 Å². The Kier molecular flexibility index (Phi) is 4.00. The average molecular weight is 288 g/mol. The number of aryl methyl sites for hydroxylation is 1. The van der Waals surface area contributed by atoms with Gasteiger partial charge in [0.05, 0.1) is 12.7 Å². The van der Waals surface area contributed by atoms with Crippen LogP contribution in [-0.2, 0) is 11.2 Å². The smallest absolute Gasteiger partial charge is 0.337 e. The van der Waals surface area contributed by atoms with Crippen LogP contribution in [0.4, 0.5) is 0 Å². The van der Waals surface area contributed by atoms with Crippen LogP contribution in [0.1, 0.15) is 40.4 Å². The first-order valence-electron chi connectivity index (χ1n) is 7.71. The van der Waals surface area contributed by atoms with Gasteiger partial charge in [0.25, 0.3) is 0 Å². The van der Waals surface area contributed by atoms with Crippen molar-refractivity contribution in [3.63, 3.8) is 0 Å².